The summed E-state index contributed by atoms with van der Waals surface area (Å²) in [6.07, 6.45) is -0.820. The first-order chi connectivity index (χ1) is 18.5. The predicted octanol–water partition coefficient (Wildman–Crippen LogP) is 4.83. The standard InChI is InChI=1S/C30H21NO7/c1-35-24-13-7-11-20-18(16-25(32)37-27(20)24)14-19-15-22-26(38-30(19)34)21-10-5-6-12-23(21)36-29(22)31-28(33)17-8-3-2-4-9-17/h2-13,15-16,29H,14H2,1H3,(H,31,33). The molecule has 1 aliphatic rings. The van der Waals surface area contributed by atoms with Gasteiger partial charge in [0.25, 0.3) is 5.91 Å². The minimum Gasteiger partial charge on any atom is -0.493 e. The first-order valence-electron chi connectivity index (χ1n) is 11.9. The molecule has 38 heavy (non-hydrogen) atoms. The van der Waals surface area contributed by atoms with Gasteiger partial charge >= 0.3 is 11.3 Å². The number of fused-ring (bicyclic) bond motifs is 4. The van der Waals surface area contributed by atoms with E-state index in [9.17, 15) is 14.4 Å². The molecule has 0 spiro atoms. The SMILES string of the molecule is COc1cccc2c(Cc3cc4c(oc3=O)-c3ccccc3OC4NC(=O)c3ccccc3)cc(=O)oc12. The van der Waals surface area contributed by atoms with Gasteiger partial charge < -0.3 is 23.6 Å². The van der Waals surface area contributed by atoms with Crippen LogP contribution in [-0.2, 0) is 6.42 Å². The predicted molar refractivity (Wildman–Crippen MR) is 140 cm³/mol. The van der Waals surface area contributed by atoms with Crippen molar-refractivity contribution in [2.75, 3.05) is 7.11 Å². The van der Waals surface area contributed by atoms with E-state index in [2.05, 4.69) is 5.32 Å². The van der Waals surface area contributed by atoms with E-state index in [1.807, 2.05) is 12.1 Å². The molecular formula is C30H21NO7. The highest BCUT2D eigenvalue weighted by atomic mass is 16.5. The zero-order valence-electron chi connectivity index (χ0n) is 20.2. The lowest BCUT2D eigenvalue weighted by atomic mass is 9.97. The molecule has 8 heteroatoms. The monoisotopic (exact) mass is 507 g/mol. The summed E-state index contributed by atoms with van der Waals surface area (Å²) in [4.78, 5) is 38.5. The summed E-state index contributed by atoms with van der Waals surface area (Å²) < 4.78 is 22.7. The number of carbonyl (C=O) groups excluding carboxylic acids is 1. The molecule has 0 saturated heterocycles. The molecule has 3 aromatic carbocycles. The van der Waals surface area contributed by atoms with E-state index in [1.54, 1.807) is 66.7 Å². The van der Waals surface area contributed by atoms with Crippen LogP contribution >= 0.6 is 0 Å². The average molecular weight is 507 g/mol. The van der Waals surface area contributed by atoms with E-state index in [4.69, 9.17) is 18.3 Å². The van der Waals surface area contributed by atoms with Crippen LogP contribution in [0.2, 0.25) is 0 Å². The van der Waals surface area contributed by atoms with Gasteiger partial charge in [0.1, 0.15) is 5.75 Å². The maximum Gasteiger partial charge on any atom is 0.339 e. The highest BCUT2D eigenvalue weighted by molar-refractivity contribution is 5.94. The van der Waals surface area contributed by atoms with Gasteiger partial charge in [-0.15, -0.1) is 0 Å². The highest BCUT2D eigenvalue weighted by Gasteiger charge is 2.31. The lowest BCUT2D eigenvalue weighted by Gasteiger charge is -2.28. The number of para-hydroxylation sites is 2. The Hall–Kier alpha value is -5.11. The van der Waals surface area contributed by atoms with Crippen LogP contribution in [0.4, 0.5) is 0 Å². The summed E-state index contributed by atoms with van der Waals surface area (Å²) in [5.74, 6) is 0.867. The molecule has 5 aromatic rings. The normalized spacial score (nSPS) is 13.8. The van der Waals surface area contributed by atoms with Crippen LogP contribution < -0.4 is 26.0 Å². The molecule has 0 aliphatic carbocycles. The Kier molecular flexibility index (Phi) is 5.76. The van der Waals surface area contributed by atoms with Gasteiger partial charge in [-0.1, -0.05) is 42.5 Å². The van der Waals surface area contributed by atoms with E-state index in [-0.39, 0.29) is 12.3 Å². The Bertz CT molecular complexity index is 1800. The van der Waals surface area contributed by atoms with Crippen molar-refractivity contribution in [1.29, 1.82) is 0 Å². The van der Waals surface area contributed by atoms with Crippen LogP contribution in [0.5, 0.6) is 11.5 Å². The van der Waals surface area contributed by atoms with Crippen molar-refractivity contribution in [3.8, 4) is 22.8 Å². The molecule has 0 fully saturated rings. The van der Waals surface area contributed by atoms with Gasteiger partial charge in [-0.3, -0.25) is 4.79 Å². The second-order valence-electron chi connectivity index (χ2n) is 8.78. The molecule has 188 valence electrons. The number of nitrogens with one attached hydrogen (secondary N) is 1. The summed E-state index contributed by atoms with van der Waals surface area (Å²) in [5, 5.41) is 3.53. The lowest BCUT2D eigenvalue weighted by Crippen LogP contribution is -2.34. The van der Waals surface area contributed by atoms with Crippen molar-refractivity contribution in [2.45, 2.75) is 12.6 Å². The molecule has 2 aromatic heterocycles. The Labute approximate surface area is 216 Å². The molecule has 6 rings (SSSR count). The number of ether oxygens (including phenoxy) is 2. The number of carbonyl (C=O) groups is 1. The van der Waals surface area contributed by atoms with Crippen molar-refractivity contribution < 1.29 is 23.1 Å². The Morgan fingerprint density at radius 3 is 2.50 bits per heavy atom. The number of amides is 1. The van der Waals surface area contributed by atoms with Gasteiger partial charge in [0.2, 0.25) is 6.23 Å². The largest absolute Gasteiger partial charge is 0.493 e. The third-order valence-electron chi connectivity index (χ3n) is 6.43. The van der Waals surface area contributed by atoms with Crippen LogP contribution in [-0.4, -0.2) is 13.0 Å². The van der Waals surface area contributed by atoms with Crippen LogP contribution in [0.15, 0.2) is 103 Å². The van der Waals surface area contributed by atoms with Gasteiger partial charge in [0, 0.05) is 29.0 Å². The fourth-order valence-electron chi connectivity index (χ4n) is 4.64. The minimum absolute atomic E-state index is 0.0892. The summed E-state index contributed by atoms with van der Waals surface area (Å²) in [6, 6.07) is 24.2. The first kappa shape index (κ1) is 23.3. The third-order valence-corrected chi connectivity index (χ3v) is 6.43. The topological polar surface area (TPSA) is 108 Å². The Morgan fingerprint density at radius 1 is 0.895 bits per heavy atom. The van der Waals surface area contributed by atoms with E-state index >= 15 is 0 Å². The van der Waals surface area contributed by atoms with E-state index < -0.39 is 17.5 Å². The van der Waals surface area contributed by atoms with Crippen molar-refractivity contribution in [2.24, 2.45) is 0 Å². The minimum atomic E-state index is -0.909. The van der Waals surface area contributed by atoms with Crippen molar-refractivity contribution in [3.63, 3.8) is 0 Å². The summed E-state index contributed by atoms with van der Waals surface area (Å²) in [7, 11) is 1.49. The molecule has 0 radical (unpaired) electrons. The number of benzene rings is 3. The van der Waals surface area contributed by atoms with Gasteiger partial charge in [-0.25, -0.2) is 9.59 Å². The second kappa shape index (κ2) is 9.40. The fourth-order valence-corrected chi connectivity index (χ4v) is 4.64. The average Bonchev–Trinajstić information content (AvgIpc) is 2.94. The highest BCUT2D eigenvalue weighted by Crippen LogP contribution is 2.41. The Balaban J connectivity index is 1.45. The fraction of sp³-hybridized carbons (Fsp3) is 0.100. The van der Waals surface area contributed by atoms with Crippen LogP contribution in [0.1, 0.15) is 33.3 Å². The van der Waals surface area contributed by atoms with Crippen LogP contribution in [0, 0.1) is 0 Å². The third kappa shape index (κ3) is 4.12. The molecular weight excluding hydrogens is 486 g/mol. The van der Waals surface area contributed by atoms with Gasteiger partial charge in [-0.2, -0.15) is 0 Å². The smallest absolute Gasteiger partial charge is 0.339 e. The van der Waals surface area contributed by atoms with E-state index in [0.29, 0.717) is 56.0 Å². The molecule has 0 saturated carbocycles. The molecule has 1 N–H and O–H groups in total. The number of hydrogen-bond acceptors (Lipinski definition) is 7. The maximum atomic E-state index is 13.2. The van der Waals surface area contributed by atoms with Crippen LogP contribution in [0.3, 0.4) is 0 Å². The van der Waals surface area contributed by atoms with Gasteiger partial charge in [0.15, 0.2) is 17.1 Å². The zero-order valence-corrected chi connectivity index (χ0v) is 20.2. The molecule has 1 atom stereocenters. The first-order valence-corrected chi connectivity index (χ1v) is 11.9. The van der Waals surface area contributed by atoms with Crippen molar-refractivity contribution in [1.82, 2.24) is 5.32 Å². The molecule has 8 nitrogen and oxygen atoms in total. The van der Waals surface area contributed by atoms with Crippen LogP contribution in [0.25, 0.3) is 22.3 Å². The molecule has 0 bridgehead atoms. The second-order valence-corrected chi connectivity index (χ2v) is 8.78. The zero-order chi connectivity index (χ0) is 26.2. The number of rotatable bonds is 5. The maximum absolute atomic E-state index is 13.2. The quantitative estimate of drug-likeness (QED) is 0.339. The van der Waals surface area contributed by atoms with Gasteiger partial charge in [-0.05, 0) is 42.0 Å². The summed E-state index contributed by atoms with van der Waals surface area (Å²) >= 11 is 0. The number of hydrogen-bond donors (Lipinski definition) is 1. The van der Waals surface area contributed by atoms with Crippen molar-refractivity contribution in [3.05, 3.63) is 128 Å². The van der Waals surface area contributed by atoms with E-state index in [1.165, 1.54) is 13.2 Å². The molecule has 3 heterocycles. The van der Waals surface area contributed by atoms with E-state index in [0.717, 1.165) is 0 Å². The van der Waals surface area contributed by atoms with Gasteiger partial charge in [0.05, 0.1) is 18.2 Å². The Morgan fingerprint density at radius 2 is 1.68 bits per heavy atom. The lowest BCUT2D eigenvalue weighted by molar-refractivity contribution is 0.0819. The summed E-state index contributed by atoms with van der Waals surface area (Å²) in [6.45, 7) is 0. The molecule has 1 amide bonds. The summed E-state index contributed by atoms with van der Waals surface area (Å²) in [5.41, 5.74) is 1.60. The van der Waals surface area contributed by atoms with Crippen molar-refractivity contribution >= 4 is 16.9 Å². The molecule has 1 unspecified atom stereocenters. The number of methoxy groups -OCH3 is 1. The molecule has 1 aliphatic heterocycles.